The van der Waals surface area contributed by atoms with Crippen LogP contribution in [0.5, 0.6) is 0 Å². The summed E-state index contributed by atoms with van der Waals surface area (Å²) in [4.78, 5) is 30.1. The average Bonchev–Trinajstić information content (AvgIpc) is 3.27. The van der Waals surface area contributed by atoms with Crippen molar-refractivity contribution in [3.05, 3.63) is 46.4 Å². The van der Waals surface area contributed by atoms with Crippen LogP contribution in [0.4, 0.5) is 0 Å². The van der Waals surface area contributed by atoms with Crippen LogP contribution in [0.25, 0.3) is 0 Å². The van der Waals surface area contributed by atoms with Gasteiger partial charge in [0.25, 0.3) is 0 Å². The molecule has 7 heteroatoms. The molecule has 0 atom stereocenters. The Bertz CT molecular complexity index is 725. The fraction of sp³-hybridized carbons (Fsp3) is 0.500. The Kier molecular flexibility index (Phi) is 8.06. The quantitative estimate of drug-likeness (QED) is 0.625. The number of methoxy groups -OCH3 is 1. The van der Waals surface area contributed by atoms with Crippen LogP contribution in [-0.2, 0) is 34.3 Å². The van der Waals surface area contributed by atoms with Gasteiger partial charge in [-0.05, 0) is 37.4 Å². The predicted molar refractivity (Wildman–Crippen MR) is 108 cm³/mol. The highest BCUT2D eigenvalue weighted by molar-refractivity contribution is 7.10. The molecule has 0 fully saturated rings. The summed E-state index contributed by atoms with van der Waals surface area (Å²) in [6.07, 6.45) is 2.29. The van der Waals surface area contributed by atoms with Gasteiger partial charge in [-0.25, -0.2) is 0 Å². The van der Waals surface area contributed by atoms with Crippen LogP contribution in [0.1, 0.15) is 24.4 Å². The van der Waals surface area contributed by atoms with Gasteiger partial charge in [-0.2, -0.15) is 0 Å². The minimum Gasteiger partial charge on any atom is -0.383 e. The summed E-state index contributed by atoms with van der Waals surface area (Å²) in [5.41, 5.74) is 1.04. The maximum atomic E-state index is 13.0. The van der Waals surface area contributed by atoms with Crippen LogP contribution in [0.15, 0.2) is 35.8 Å². The molecule has 6 nitrogen and oxygen atoms in total. The van der Waals surface area contributed by atoms with E-state index in [1.165, 1.54) is 0 Å². The molecule has 2 heterocycles. The second-order valence-corrected chi connectivity index (χ2v) is 7.82. The molecule has 0 saturated carbocycles. The van der Waals surface area contributed by atoms with Gasteiger partial charge in [0, 0.05) is 43.5 Å². The van der Waals surface area contributed by atoms with E-state index in [1.54, 1.807) is 28.2 Å². The summed E-state index contributed by atoms with van der Waals surface area (Å²) in [6, 6.07) is 7.79. The number of rotatable bonds is 10. The number of thiophene rings is 1. The average molecular weight is 392 g/mol. The number of aromatic nitrogens is 1. The molecule has 0 unspecified atom stereocenters. The first-order chi connectivity index (χ1) is 12.9. The van der Waals surface area contributed by atoms with Crippen LogP contribution in [0.2, 0.25) is 0 Å². The zero-order valence-electron chi connectivity index (χ0n) is 16.6. The number of ether oxygens (including phenoxy) is 1. The lowest BCUT2D eigenvalue weighted by Crippen LogP contribution is -2.47. The molecule has 2 amide bonds. The molecule has 0 saturated heterocycles. The van der Waals surface area contributed by atoms with Gasteiger partial charge in [-0.1, -0.05) is 6.07 Å². The van der Waals surface area contributed by atoms with Gasteiger partial charge < -0.3 is 19.1 Å². The van der Waals surface area contributed by atoms with Crippen molar-refractivity contribution < 1.29 is 14.3 Å². The van der Waals surface area contributed by atoms with Gasteiger partial charge >= 0.3 is 0 Å². The van der Waals surface area contributed by atoms with Crippen LogP contribution in [-0.4, -0.2) is 59.0 Å². The number of carbonyl (C=O) groups is 2. The normalized spacial score (nSPS) is 11.0. The molecule has 27 heavy (non-hydrogen) atoms. The maximum Gasteiger partial charge on any atom is 0.242 e. The zero-order chi connectivity index (χ0) is 19.8. The Morgan fingerprint density at radius 3 is 2.56 bits per heavy atom. The SMILES string of the molecule is COCCN(Cc1cccn1C)C(=O)CN(C(=O)Cc1cccs1)C(C)C. The lowest BCUT2D eigenvalue weighted by atomic mass is 10.2. The van der Waals surface area contributed by atoms with Crippen LogP contribution < -0.4 is 0 Å². The fourth-order valence-electron chi connectivity index (χ4n) is 2.82. The second kappa shape index (κ2) is 10.3. The fourth-order valence-corrected chi connectivity index (χ4v) is 3.51. The van der Waals surface area contributed by atoms with Gasteiger partial charge in [0.15, 0.2) is 0 Å². The Balaban J connectivity index is 2.06. The largest absolute Gasteiger partial charge is 0.383 e. The van der Waals surface area contributed by atoms with Crippen molar-refractivity contribution in [1.82, 2.24) is 14.4 Å². The van der Waals surface area contributed by atoms with Gasteiger partial charge in [-0.3, -0.25) is 9.59 Å². The van der Waals surface area contributed by atoms with Crippen LogP contribution in [0, 0.1) is 0 Å². The molecule has 2 rings (SSSR count). The monoisotopic (exact) mass is 391 g/mol. The first kappa shape index (κ1) is 21.2. The lowest BCUT2D eigenvalue weighted by Gasteiger charge is -2.30. The van der Waals surface area contributed by atoms with Crippen molar-refractivity contribution in [3.63, 3.8) is 0 Å². The van der Waals surface area contributed by atoms with E-state index < -0.39 is 0 Å². The zero-order valence-corrected chi connectivity index (χ0v) is 17.4. The van der Waals surface area contributed by atoms with E-state index in [0.29, 0.717) is 26.1 Å². The number of amides is 2. The molecule has 0 aliphatic heterocycles. The van der Waals surface area contributed by atoms with Crippen molar-refractivity contribution in [2.75, 3.05) is 26.8 Å². The predicted octanol–water partition coefficient (Wildman–Crippen LogP) is 2.54. The summed E-state index contributed by atoms with van der Waals surface area (Å²) in [6.45, 7) is 5.41. The molecular formula is C20H29N3O3S. The van der Waals surface area contributed by atoms with E-state index in [9.17, 15) is 9.59 Å². The number of hydrogen-bond acceptors (Lipinski definition) is 4. The highest BCUT2D eigenvalue weighted by Crippen LogP contribution is 2.13. The molecule has 0 N–H and O–H groups in total. The highest BCUT2D eigenvalue weighted by atomic mass is 32.1. The number of carbonyl (C=O) groups excluding carboxylic acids is 2. The Labute approximate surface area is 165 Å². The number of nitrogens with zero attached hydrogens (tertiary/aromatic N) is 3. The van der Waals surface area contributed by atoms with Gasteiger partial charge in [0.2, 0.25) is 11.8 Å². The minimum absolute atomic E-state index is 0.0219. The van der Waals surface area contributed by atoms with Crippen molar-refractivity contribution >= 4 is 23.2 Å². The molecule has 0 radical (unpaired) electrons. The van der Waals surface area contributed by atoms with E-state index >= 15 is 0 Å². The van der Waals surface area contributed by atoms with Crippen molar-refractivity contribution in [3.8, 4) is 0 Å². The van der Waals surface area contributed by atoms with E-state index in [0.717, 1.165) is 10.6 Å². The molecule has 0 spiro atoms. The molecule has 148 valence electrons. The second-order valence-electron chi connectivity index (χ2n) is 6.79. The first-order valence-corrected chi connectivity index (χ1v) is 9.99. The standard InChI is InChI=1S/C20H29N3O3S/c1-16(2)23(19(24)13-18-8-6-12-27-18)15-20(25)22(10-11-26-4)14-17-7-5-9-21(17)3/h5-9,12,16H,10-11,13-15H2,1-4H3. The molecule has 0 aliphatic carbocycles. The van der Waals surface area contributed by atoms with Gasteiger partial charge in [-0.15, -0.1) is 11.3 Å². The first-order valence-electron chi connectivity index (χ1n) is 9.11. The third-order valence-electron chi connectivity index (χ3n) is 4.48. The third-order valence-corrected chi connectivity index (χ3v) is 5.35. The smallest absolute Gasteiger partial charge is 0.242 e. The van der Waals surface area contributed by atoms with Crippen molar-refractivity contribution in [2.45, 2.75) is 32.9 Å². The highest BCUT2D eigenvalue weighted by Gasteiger charge is 2.24. The number of hydrogen-bond donors (Lipinski definition) is 0. The molecule has 2 aromatic rings. The molecule has 0 aromatic carbocycles. The van der Waals surface area contributed by atoms with E-state index in [1.807, 2.05) is 61.3 Å². The van der Waals surface area contributed by atoms with Gasteiger partial charge in [0.05, 0.1) is 19.6 Å². The summed E-state index contributed by atoms with van der Waals surface area (Å²) < 4.78 is 7.16. The van der Waals surface area contributed by atoms with E-state index in [-0.39, 0.29) is 24.4 Å². The van der Waals surface area contributed by atoms with E-state index in [2.05, 4.69) is 0 Å². The molecule has 0 bridgehead atoms. The van der Waals surface area contributed by atoms with Crippen molar-refractivity contribution in [1.29, 1.82) is 0 Å². The van der Waals surface area contributed by atoms with Crippen LogP contribution in [0.3, 0.4) is 0 Å². The Hall–Kier alpha value is -2.12. The van der Waals surface area contributed by atoms with Gasteiger partial charge in [0.1, 0.15) is 6.54 Å². The van der Waals surface area contributed by atoms with E-state index in [4.69, 9.17) is 4.74 Å². The van der Waals surface area contributed by atoms with Crippen LogP contribution >= 0.6 is 11.3 Å². The summed E-state index contributed by atoms with van der Waals surface area (Å²) in [7, 11) is 3.58. The Morgan fingerprint density at radius 1 is 1.22 bits per heavy atom. The summed E-state index contributed by atoms with van der Waals surface area (Å²) >= 11 is 1.56. The molecule has 2 aromatic heterocycles. The summed E-state index contributed by atoms with van der Waals surface area (Å²) in [5.74, 6) is -0.0900. The molecular weight excluding hydrogens is 362 g/mol. The maximum absolute atomic E-state index is 13.0. The topological polar surface area (TPSA) is 54.8 Å². The minimum atomic E-state index is -0.0681. The Morgan fingerprint density at radius 2 is 2.00 bits per heavy atom. The van der Waals surface area contributed by atoms with Crippen molar-refractivity contribution in [2.24, 2.45) is 7.05 Å². The molecule has 0 aliphatic rings. The summed E-state index contributed by atoms with van der Waals surface area (Å²) in [5, 5.41) is 1.96. The third kappa shape index (κ3) is 6.22. The lowest BCUT2D eigenvalue weighted by molar-refractivity contribution is -0.142. The number of aryl methyl sites for hydroxylation is 1.